The summed E-state index contributed by atoms with van der Waals surface area (Å²) in [7, 11) is 1.59. The molecule has 31 heavy (non-hydrogen) atoms. The highest BCUT2D eigenvalue weighted by molar-refractivity contribution is 5.96. The zero-order valence-electron chi connectivity index (χ0n) is 18.0. The fraction of sp³-hybridized carbons (Fsp3) is 0.360. The summed E-state index contributed by atoms with van der Waals surface area (Å²) in [5.41, 5.74) is 1.58. The van der Waals surface area contributed by atoms with Crippen LogP contribution in [-0.2, 0) is 9.59 Å². The third-order valence-corrected chi connectivity index (χ3v) is 5.50. The third-order valence-electron chi connectivity index (χ3n) is 5.50. The van der Waals surface area contributed by atoms with Gasteiger partial charge < -0.3 is 19.9 Å². The van der Waals surface area contributed by atoms with Gasteiger partial charge in [0.05, 0.1) is 7.11 Å². The topological polar surface area (TPSA) is 84.9 Å². The molecule has 6 heteroatoms. The maximum atomic E-state index is 12.2. The van der Waals surface area contributed by atoms with E-state index in [1.807, 2.05) is 25.1 Å². The number of hydrogen-bond donors (Lipinski definition) is 2. The molecule has 0 aliphatic heterocycles. The molecular weight excluding hydrogens is 394 g/mol. The molecule has 0 spiro atoms. The van der Waals surface area contributed by atoms with Gasteiger partial charge in [-0.05, 0) is 60.7 Å². The van der Waals surface area contributed by atoms with E-state index in [4.69, 9.17) is 9.47 Å². The SMILES string of the molecule is COc1cc(C)ccc1Oc1ccc(C=C(NC(=O)CCC2CCCC2)C(=O)O)cc1. The van der Waals surface area contributed by atoms with Crippen LogP contribution in [0.15, 0.2) is 48.2 Å². The standard InChI is InChI=1S/C25H29NO5/c1-17-7-13-22(23(15-17)30-2)31-20-11-8-19(9-12-20)16-21(25(28)29)26-24(27)14-10-18-5-3-4-6-18/h7-9,11-13,15-16,18H,3-6,10,14H2,1-2H3,(H,26,27)(H,28,29). The molecule has 0 heterocycles. The number of carboxylic acids is 1. The molecular formula is C25H29NO5. The van der Waals surface area contributed by atoms with Crippen LogP contribution in [0, 0.1) is 12.8 Å². The number of carboxylic acid groups (broad SMARTS) is 1. The first kappa shape index (κ1) is 22.4. The quantitative estimate of drug-likeness (QED) is 0.534. The maximum absolute atomic E-state index is 12.2. The lowest BCUT2D eigenvalue weighted by Gasteiger charge is -2.11. The third kappa shape index (κ3) is 6.60. The van der Waals surface area contributed by atoms with E-state index in [0.717, 1.165) is 24.8 Å². The number of carbonyl (C=O) groups is 2. The van der Waals surface area contributed by atoms with Crippen molar-refractivity contribution in [3.8, 4) is 17.2 Å². The summed E-state index contributed by atoms with van der Waals surface area (Å²) < 4.78 is 11.2. The summed E-state index contributed by atoms with van der Waals surface area (Å²) in [5.74, 6) is 0.986. The minimum Gasteiger partial charge on any atom is -0.493 e. The number of benzene rings is 2. The lowest BCUT2D eigenvalue weighted by Crippen LogP contribution is -2.27. The van der Waals surface area contributed by atoms with Crippen LogP contribution in [0.3, 0.4) is 0 Å². The van der Waals surface area contributed by atoms with Crippen molar-refractivity contribution in [2.45, 2.75) is 45.4 Å². The molecule has 6 nitrogen and oxygen atoms in total. The second-order valence-electron chi connectivity index (χ2n) is 7.93. The van der Waals surface area contributed by atoms with E-state index in [1.54, 1.807) is 31.4 Å². The Balaban J connectivity index is 1.63. The van der Waals surface area contributed by atoms with E-state index >= 15 is 0 Å². The van der Waals surface area contributed by atoms with Gasteiger partial charge in [0.15, 0.2) is 11.5 Å². The Morgan fingerprint density at radius 1 is 1.10 bits per heavy atom. The van der Waals surface area contributed by atoms with E-state index in [1.165, 1.54) is 18.9 Å². The smallest absolute Gasteiger partial charge is 0.352 e. The molecule has 2 N–H and O–H groups in total. The van der Waals surface area contributed by atoms with Gasteiger partial charge in [0, 0.05) is 6.42 Å². The molecule has 1 fully saturated rings. The van der Waals surface area contributed by atoms with Crippen molar-refractivity contribution in [2.24, 2.45) is 5.92 Å². The largest absolute Gasteiger partial charge is 0.493 e. The first-order chi connectivity index (χ1) is 14.9. The highest BCUT2D eigenvalue weighted by Gasteiger charge is 2.18. The van der Waals surface area contributed by atoms with Crippen molar-refractivity contribution in [2.75, 3.05) is 7.11 Å². The van der Waals surface area contributed by atoms with Gasteiger partial charge >= 0.3 is 5.97 Å². The molecule has 1 aliphatic rings. The van der Waals surface area contributed by atoms with Crippen LogP contribution in [0.1, 0.15) is 49.7 Å². The molecule has 0 aromatic heterocycles. The average Bonchev–Trinajstić information content (AvgIpc) is 3.28. The van der Waals surface area contributed by atoms with Crippen LogP contribution in [0.4, 0.5) is 0 Å². The minimum atomic E-state index is -1.17. The number of methoxy groups -OCH3 is 1. The Kier molecular flexibility index (Phi) is 7.70. The van der Waals surface area contributed by atoms with E-state index in [2.05, 4.69) is 5.32 Å². The number of aliphatic carboxylic acids is 1. The Labute approximate surface area is 182 Å². The number of nitrogens with one attached hydrogen (secondary N) is 1. The van der Waals surface area contributed by atoms with E-state index in [-0.39, 0.29) is 11.6 Å². The summed E-state index contributed by atoms with van der Waals surface area (Å²) in [4.78, 5) is 23.8. The summed E-state index contributed by atoms with van der Waals surface area (Å²) >= 11 is 0. The van der Waals surface area contributed by atoms with Crippen molar-refractivity contribution in [3.05, 3.63) is 59.3 Å². The van der Waals surface area contributed by atoms with Crippen molar-refractivity contribution in [3.63, 3.8) is 0 Å². The normalized spacial score (nSPS) is 14.3. The number of carbonyl (C=O) groups excluding carboxylic acids is 1. The lowest BCUT2D eigenvalue weighted by atomic mass is 10.0. The fourth-order valence-corrected chi connectivity index (χ4v) is 3.78. The predicted octanol–water partition coefficient (Wildman–Crippen LogP) is 5.31. The number of amides is 1. The molecule has 0 unspecified atom stereocenters. The summed E-state index contributed by atoms with van der Waals surface area (Å²) in [5, 5.41) is 12.0. The van der Waals surface area contributed by atoms with Crippen molar-refractivity contribution in [1.82, 2.24) is 5.32 Å². The molecule has 0 radical (unpaired) electrons. The molecule has 164 valence electrons. The number of rotatable bonds is 9. The second kappa shape index (κ2) is 10.7. The Morgan fingerprint density at radius 3 is 2.45 bits per heavy atom. The van der Waals surface area contributed by atoms with Gasteiger partial charge in [0.1, 0.15) is 11.4 Å². The average molecular weight is 424 g/mol. The van der Waals surface area contributed by atoms with E-state index in [0.29, 0.717) is 35.2 Å². The molecule has 0 bridgehead atoms. The molecule has 2 aromatic rings. The number of aryl methyl sites for hydroxylation is 1. The van der Waals surface area contributed by atoms with Gasteiger partial charge in [0.2, 0.25) is 5.91 Å². The van der Waals surface area contributed by atoms with Gasteiger partial charge in [0.25, 0.3) is 0 Å². The van der Waals surface area contributed by atoms with Gasteiger partial charge in [-0.3, -0.25) is 4.79 Å². The Hall–Kier alpha value is -3.28. The van der Waals surface area contributed by atoms with Crippen LogP contribution in [0.5, 0.6) is 17.2 Å². The highest BCUT2D eigenvalue weighted by Crippen LogP contribution is 2.32. The molecule has 1 saturated carbocycles. The van der Waals surface area contributed by atoms with Crippen LogP contribution < -0.4 is 14.8 Å². The van der Waals surface area contributed by atoms with Crippen LogP contribution >= 0.6 is 0 Å². The van der Waals surface area contributed by atoms with Crippen molar-refractivity contribution >= 4 is 18.0 Å². The minimum absolute atomic E-state index is 0.134. The molecule has 1 aliphatic carbocycles. The van der Waals surface area contributed by atoms with Gasteiger partial charge in [-0.15, -0.1) is 0 Å². The summed E-state index contributed by atoms with van der Waals surface area (Å²) in [6.07, 6.45) is 7.39. The first-order valence-electron chi connectivity index (χ1n) is 10.6. The fourth-order valence-electron chi connectivity index (χ4n) is 3.78. The Bertz CT molecular complexity index is 943. The van der Waals surface area contributed by atoms with E-state index in [9.17, 15) is 14.7 Å². The number of hydrogen-bond acceptors (Lipinski definition) is 4. The highest BCUT2D eigenvalue weighted by atomic mass is 16.5. The molecule has 2 aromatic carbocycles. The van der Waals surface area contributed by atoms with Gasteiger partial charge in [-0.25, -0.2) is 4.79 Å². The van der Waals surface area contributed by atoms with Crippen molar-refractivity contribution in [1.29, 1.82) is 0 Å². The van der Waals surface area contributed by atoms with Gasteiger partial charge in [-0.1, -0.05) is 43.9 Å². The van der Waals surface area contributed by atoms with E-state index < -0.39 is 5.97 Å². The monoisotopic (exact) mass is 423 g/mol. The molecule has 0 atom stereocenters. The summed E-state index contributed by atoms with van der Waals surface area (Å²) in [6.45, 7) is 1.97. The molecule has 0 saturated heterocycles. The lowest BCUT2D eigenvalue weighted by molar-refractivity contribution is -0.134. The van der Waals surface area contributed by atoms with Gasteiger partial charge in [-0.2, -0.15) is 0 Å². The number of ether oxygens (including phenoxy) is 2. The zero-order valence-corrected chi connectivity index (χ0v) is 18.0. The Morgan fingerprint density at radius 2 is 1.81 bits per heavy atom. The van der Waals surface area contributed by atoms with Crippen LogP contribution in [0.25, 0.3) is 6.08 Å². The molecule has 1 amide bonds. The maximum Gasteiger partial charge on any atom is 0.352 e. The summed E-state index contributed by atoms with van der Waals surface area (Å²) in [6, 6.07) is 12.6. The second-order valence-corrected chi connectivity index (χ2v) is 7.93. The molecule has 3 rings (SSSR count). The van der Waals surface area contributed by atoms with Crippen LogP contribution in [0.2, 0.25) is 0 Å². The predicted molar refractivity (Wildman–Crippen MR) is 119 cm³/mol. The van der Waals surface area contributed by atoms with Crippen molar-refractivity contribution < 1.29 is 24.2 Å². The van der Waals surface area contributed by atoms with Crippen LogP contribution in [-0.4, -0.2) is 24.1 Å². The zero-order chi connectivity index (χ0) is 22.2. The first-order valence-corrected chi connectivity index (χ1v) is 10.6.